The molecule has 3 aliphatic rings. The van der Waals surface area contributed by atoms with Gasteiger partial charge >= 0.3 is 0 Å². The van der Waals surface area contributed by atoms with Crippen molar-refractivity contribution in [1.82, 2.24) is 25.3 Å². The fourth-order valence-corrected chi connectivity index (χ4v) is 6.05. The largest absolute Gasteiger partial charge is 0.304 e. The van der Waals surface area contributed by atoms with Crippen LogP contribution in [0.1, 0.15) is 64.4 Å². The number of nitrogens with zero attached hydrogens (tertiary/aromatic N) is 3. The maximum absolute atomic E-state index is 12.6. The molecule has 0 amide bonds. The lowest BCUT2D eigenvalue weighted by Crippen LogP contribution is -2.43. The van der Waals surface area contributed by atoms with E-state index in [9.17, 15) is 4.79 Å². The van der Waals surface area contributed by atoms with E-state index in [1.54, 1.807) is 0 Å². The van der Waals surface area contributed by atoms with E-state index in [2.05, 4.69) is 87.0 Å². The zero-order valence-corrected chi connectivity index (χ0v) is 19.8. The number of hydrogen-bond acceptors (Lipinski definition) is 5. The van der Waals surface area contributed by atoms with Crippen molar-refractivity contribution in [2.24, 2.45) is 0 Å². The molecule has 1 aromatic heterocycles. The molecule has 2 aliphatic heterocycles. The highest BCUT2D eigenvalue weighted by molar-refractivity contribution is 5.46. The van der Waals surface area contributed by atoms with Crippen LogP contribution in [0.15, 0.2) is 59.4 Å². The van der Waals surface area contributed by atoms with Crippen molar-refractivity contribution < 1.29 is 0 Å². The first-order chi connectivity index (χ1) is 16.7. The molecule has 0 saturated carbocycles. The number of benzene rings is 2. The third kappa shape index (κ3) is 4.00. The minimum atomic E-state index is -0.0243. The van der Waals surface area contributed by atoms with Gasteiger partial charge in [-0.1, -0.05) is 54.6 Å². The molecule has 1 fully saturated rings. The van der Waals surface area contributed by atoms with E-state index in [-0.39, 0.29) is 23.6 Å². The molecular formula is C28H33N5O. The van der Waals surface area contributed by atoms with Crippen molar-refractivity contribution in [3.63, 3.8) is 0 Å². The van der Waals surface area contributed by atoms with Crippen molar-refractivity contribution >= 4 is 0 Å². The van der Waals surface area contributed by atoms with E-state index in [0.29, 0.717) is 0 Å². The SMILES string of the molecule is CN1CCN(Cc2ccc([C@@H]3NC4CCCc5c4c(n[nH]c5=O)[C@H]3c3ccccc3)cc2)CC1. The fraction of sp³-hybridized carbons (Fsp3) is 0.429. The van der Waals surface area contributed by atoms with Crippen LogP contribution >= 0.6 is 0 Å². The van der Waals surface area contributed by atoms with Gasteiger partial charge in [0.05, 0.1) is 5.69 Å². The van der Waals surface area contributed by atoms with Crippen LogP contribution in [0.5, 0.6) is 0 Å². The number of H-pyrrole nitrogens is 1. The van der Waals surface area contributed by atoms with Gasteiger partial charge in [-0.3, -0.25) is 9.69 Å². The van der Waals surface area contributed by atoms with Gasteiger partial charge in [0, 0.05) is 61.9 Å². The Kier molecular flexibility index (Phi) is 5.81. The molecule has 3 atom stereocenters. The molecule has 3 heterocycles. The second kappa shape index (κ2) is 9.10. The highest BCUT2D eigenvalue weighted by atomic mass is 16.1. The van der Waals surface area contributed by atoms with Gasteiger partial charge in [0.1, 0.15) is 0 Å². The van der Waals surface area contributed by atoms with E-state index >= 15 is 0 Å². The van der Waals surface area contributed by atoms with Crippen molar-refractivity contribution in [3.8, 4) is 0 Å². The van der Waals surface area contributed by atoms with Crippen LogP contribution in [0.4, 0.5) is 0 Å². The summed E-state index contributed by atoms with van der Waals surface area (Å²) in [5.41, 5.74) is 6.96. The van der Waals surface area contributed by atoms with E-state index in [4.69, 9.17) is 0 Å². The third-order valence-corrected chi connectivity index (χ3v) is 7.93. The minimum absolute atomic E-state index is 0.0243. The van der Waals surface area contributed by atoms with Gasteiger partial charge in [-0.2, -0.15) is 5.10 Å². The Morgan fingerprint density at radius 3 is 2.50 bits per heavy atom. The molecule has 34 heavy (non-hydrogen) atoms. The summed E-state index contributed by atoms with van der Waals surface area (Å²) in [5.74, 6) is 0.0598. The van der Waals surface area contributed by atoms with Crippen molar-refractivity contribution in [2.45, 2.75) is 43.8 Å². The van der Waals surface area contributed by atoms with Gasteiger partial charge in [-0.05, 0) is 43.0 Å². The monoisotopic (exact) mass is 455 g/mol. The second-order valence-corrected chi connectivity index (χ2v) is 10.1. The average molecular weight is 456 g/mol. The van der Waals surface area contributed by atoms with Crippen LogP contribution in [0.3, 0.4) is 0 Å². The Bertz CT molecular complexity index is 1200. The van der Waals surface area contributed by atoms with Crippen LogP contribution < -0.4 is 10.9 Å². The lowest BCUT2D eigenvalue weighted by molar-refractivity contribution is 0.148. The highest BCUT2D eigenvalue weighted by Crippen LogP contribution is 2.46. The summed E-state index contributed by atoms with van der Waals surface area (Å²) in [6.07, 6.45) is 2.92. The van der Waals surface area contributed by atoms with Crippen LogP contribution in [0.25, 0.3) is 0 Å². The molecule has 1 aliphatic carbocycles. The van der Waals surface area contributed by atoms with E-state index in [1.807, 2.05) is 0 Å². The number of likely N-dealkylation sites (N-methyl/N-ethyl adjacent to an activating group) is 1. The Hall–Kier alpha value is -2.80. The number of aromatic amines is 1. The quantitative estimate of drug-likeness (QED) is 0.632. The highest BCUT2D eigenvalue weighted by Gasteiger charge is 2.40. The number of nitrogens with one attached hydrogen (secondary N) is 2. The topological polar surface area (TPSA) is 64.3 Å². The van der Waals surface area contributed by atoms with Crippen molar-refractivity contribution in [3.05, 3.63) is 98.5 Å². The lowest BCUT2D eigenvalue weighted by Gasteiger charge is -2.41. The van der Waals surface area contributed by atoms with Crippen LogP contribution in [-0.2, 0) is 13.0 Å². The minimum Gasteiger partial charge on any atom is -0.304 e. The molecule has 0 radical (unpaired) electrons. The summed E-state index contributed by atoms with van der Waals surface area (Å²) < 4.78 is 0. The Labute approximate surface area is 201 Å². The third-order valence-electron chi connectivity index (χ3n) is 7.93. The van der Waals surface area contributed by atoms with Gasteiger partial charge < -0.3 is 10.2 Å². The molecule has 6 nitrogen and oxygen atoms in total. The van der Waals surface area contributed by atoms with E-state index in [0.717, 1.165) is 68.8 Å². The maximum atomic E-state index is 12.6. The molecule has 0 bridgehead atoms. The van der Waals surface area contributed by atoms with Crippen molar-refractivity contribution in [2.75, 3.05) is 33.2 Å². The van der Waals surface area contributed by atoms with E-state index < -0.39 is 0 Å². The molecule has 176 valence electrons. The zero-order chi connectivity index (χ0) is 23.1. The maximum Gasteiger partial charge on any atom is 0.267 e. The number of rotatable bonds is 4. The first-order valence-electron chi connectivity index (χ1n) is 12.6. The summed E-state index contributed by atoms with van der Waals surface area (Å²) in [6.45, 7) is 5.54. The van der Waals surface area contributed by atoms with Crippen LogP contribution in [0, 0.1) is 0 Å². The molecule has 6 heteroatoms. The molecule has 1 unspecified atom stereocenters. The lowest BCUT2D eigenvalue weighted by atomic mass is 9.74. The van der Waals surface area contributed by atoms with Crippen LogP contribution in [-0.4, -0.2) is 53.2 Å². The molecule has 2 N–H and O–H groups in total. The summed E-state index contributed by atoms with van der Waals surface area (Å²) in [5, 5.41) is 11.4. The Morgan fingerprint density at radius 1 is 0.971 bits per heavy atom. The predicted molar refractivity (Wildman–Crippen MR) is 134 cm³/mol. The van der Waals surface area contributed by atoms with Crippen LogP contribution in [0.2, 0.25) is 0 Å². The van der Waals surface area contributed by atoms with Crippen molar-refractivity contribution in [1.29, 1.82) is 0 Å². The zero-order valence-electron chi connectivity index (χ0n) is 19.8. The summed E-state index contributed by atoms with van der Waals surface area (Å²) >= 11 is 0. The number of piperazine rings is 1. The Balaban J connectivity index is 1.35. The molecule has 6 rings (SSSR count). The second-order valence-electron chi connectivity index (χ2n) is 10.1. The average Bonchev–Trinajstić information content (AvgIpc) is 2.88. The van der Waals surface area contributed by atoms with Gasteiger partial charge in [0.25, 0.3) is 5.56 Å². The fourth-order valence-electron chi connectivity index (χ4n) is 6.05. The first kappa shape index (κ1) is 21.7. The van der Waals surface area contributed by atoms with E-state index in [1.165, 1.54) is 16.7 Å². The first-order valence-corrected chi connectivity index (χ1v) is 12.6. The summed E-state index contributed by atoms with van der Waals surface area (Å²) in [7, 11) is 2.20. The molecular weight excluding hydrogens is 422 g/mol. The van der Waals surface area contributed by atoms with Gasteiger partial charge in [0.2, 0.25) is 0 Å². The normalized spacial score (nSPS) is 25.1. The number of hydrogen-bond donors (Lipinski definition) is 2. The van der Waals surface area contributed by atoms with Gasteiger partial charge in [-0.15, -0.1) is 0 Å². The summed E-state index contributed by atoms with van der Waals surface area (Å²) in [6, 6.07) is 20.1. The Morgan fingerprint density at radius 2 is 1.74 bits per heavy atom. The predicted octanol–water partition coefficient (Wildman–Crippen LogP) is 3.37. The smallest absolute Gasteiger partial charge is 0.267 e. The molecule has 2 aromatic carbocycles. The molecule has 3 aromatic rings. The van der Waals surface area contributed by atoms with Gasteiger partial charge in [0.15, 0.2) is 0 Å². The summed E-state index contributed by atoms with van der Waals surface area (Å²) in [4.78, 5) is 17.5. The molecule has 1 saturated heterocycles. The van der Waals surface area contributed by atoms with Gasteiger partial charge in [-0.25, -0.2) is 5.10 Å². The standard InChI is InChI=1S/C28H33N5O/c1-32-14-16-33(17-15-32)18-19-10-12-21(13-11-19)26-24(20-6-3-2-4-7-20)27-25-22(28(34)31-30-27)8-5-9-23(25)29-26/h2-4,6-7,10-13,23-24,26,29H,5,8-9,14-18H2,1H3,(H,31,34)/t23?,24-,26-/m0/s1. The number of aromatic nitrogens is 2. The molecule has 0 spiro atoms.